The van der Waals surface area contributed by atoms with Gasteiger partial charge in [-0.25, -0.2) is 0 Å². The average Bonchev–Trinajstić information content (AvgIpc) is 1.98. The Morgan fingerprint density at radius 3 is 2.17 bits per heavy atom. The van der Waals surface area contributed by atoms with Gasteiger partial charge in [0.1, 0.15) is 6.04 Å². The van der Waals surface area contributed by atoms with Gasteiger partial charge < -0.3 is 21.7 Å². The maximum Gasteiger partial charge on any atom is 0.321 e. The summed E-state index contributed by atoms with van der Waals surface area (Å²) < 4.78 is 0. The third-order valence-corrected chi connectivity index (χ3v) is 1.52. The molecule has 6 N–H and O–H groups in total. The second-order valence-corrected chi connectivity index (χ2v) is 2.39. The van der Waals surface area contributed by atoms with Crippen molar-refractivity contribution in [1.82, 2.24) is 0 Å². The molecule has 0 fully saturated rings. The molecule has 0 aliphatic heterocycles. The second-order valence-electron chi connectivity index (χ2n) is 2.39. The molecule has 0 saturated heterocycles. The van der Waals surface area contributed by atoms with E-state index in [9.17, 15) is 9.59 Å². The lowest BCUT2D eigenvalue weighted by atomic mass is 9.97. The van der Waals surface area contributed by atoms with Gasteiger partial charge in [-0.05, 0) is 6.42 Å². The quantitative estimate of drug-likeness (QED) is 0.381. The van der Waals surface area contributed by atoms with Crippen molar-refractivity contribution in [2.75, 3.05) is 6.61 Å². The summed E-state index contributed by atoms with van der Waals surface area (Å²) in [7, 11) is 0. The number of nitrogens with two attached hydrogens (primary N) is 2. The normalized spacial score (nSPS) is 15.2. The Hall–Kier alpha value is -1.14. The molecule has 12 heavy (non-hydrogen) atoms. The van der Waals surface area contributed by atoms with Crippen LogP contribution in [0.15, 0.2) is 0 Å². The maximum atomic E-state index is 10.6. The SMILES string of the molecule is NC(=O)C(CCO)C(N)C(=O)O. The Morgan fingerprint density at radius 1 is 1.42 bits per heavy atom. The van der Waals surface area contributed by atoms with Gasteiger partial charge in [-0.15, -0.1) is 0 Å². The highest BCUT2D eigenvalue weighted by Crippen LogP contribution is 2.06. The third kappa shape index (κ3) is 2.85. The molecule has 0 saturated carbocycles. The molecule has 6 heteroatoms. The van der Waals surface area contributed by atoms with E-state index >= 15 is 0 Å². The predicted molar refractivity (Wildman–Crippen MR) is 40.0 cm³/mol. The molecular weight excluding hydrogens is 164 g/mol. The maximum absolute atomic E-state index is 10.6. The van der Waals surface area contributed by atoms with Gasteiger partial charge in [0.2, 0.25) is 5.91 Å². The Balaban J connectivity index is 4.28. The van der Waals surface area contributed by atoms with Crippen LogP contribution in [0.4, 0.5) is 0 Å². The molecule has 2 unspecified atom stereocenters. The van der Waals surface area contributed by atoms with E-state index in [4.69, 9.17) is 21.7 Å². The van der Waals surface area contributed by atoms with Crippen LogP contribution in [0.5, 0.6) is 0 Å². The first-order valence-electron chi connectivity index (χ1n) is 3.39. The Bertz CT molecular complexity index is 182. The first kappa shape index (κ1) is 10.9. The van der Waals surface area contributed by atoms with Crippen LogP contribution in [-0.4, -0.2) is 34.7 Å². The first-order chi connectivity index (χ1) is 5.50. The molecule has 0 rings (SSSR count). The van der Waals surface area contributed by atoms with Crippen LogP contribution in [0, 0.1) is 5.92 Å². The minimum absolute atomic E-state index is 0.0250. The van der Waals surface area contributed by atoms with Gasteiger partial charge in [-0.1, -0.05) is 0 Å². The third-order valence-electron chi connectivity index (χ3n) is 1.52. The summed E-state index contributed by atoms with van der Waals surface area (Å²) in [6.45, 7) is -0.311. The van der Waals surface area contributed by atoms with Crippen molar-refractivity contribution >= 4 is 11.9 Å². The number of aliphatic hydroxyl groups is 1. The lowest BCUT2D eigenvalue weighted by molar-refractivity contribution is -0.142. The van der Waals surface area contributed by atoms with E-state index in [-0.39, 0.29) is 13.0 Å². The van der Waals surface area contributed by atoms with Crippen molar-refractivity contribution < 1.29 is 19.8 Å². The number of carbonyl (C=O) groups excluding carboxylic acids is 1. The number of primary amides is 1. The molecule has 0 radical (unpaired) electrons. The molecule has 2 atom stereocenters. The molecule has 0 bridgehead atoms. The van der Waals surface area contributed by atoms with E-state index in [2.05, 4.69) is 0 Å². The lowest BCUT2D eigenvalue weighted by Gasteiger charge is -2.15. The van der Waals surface area contributed by atoms with Gasteiger partial charge in [0.15, 0.2) is 0 Å². The summed E-state index contributed by atoms with van der Waals surface area (Å²) >= 11 is 0. The van der Waals surface area contributed by atoms with Crippen LogP contribution in [0.3, 0.4) is 0 Å². The van der Waals surface area contributed by atoms with Crippen molar-refractivity contribution in [1.29, 1.82) is 0 Å². The van der Waals surface area contributed by atoms with Crippen molar-refractivity contribution in [3.05, 3.63) is 0 Å². The number of aliphatic hydroxyl groups excluding tert-OH is 1. The van der Waals surface area contributed by atoms with Gasteiger partial charge in [0.25, 0.3) is 0 Å². The largest absolute Gasteiger partial charge is 0.480 e. The molecule has 0 spiro atoms. The van der Waals surface area contributed by atoms with Crippen molar-refractivity contribution in [2.45, 2.75) is 12.5 Å². The Kier molecular flexibility index (Phi) is 4.24. The molecule has 0 aromatic rings. The number of carboxylic acid groups (broad SMARTS) is 1. The topological polar surface area (TPSA) is 127 Å². The summed E-state index contributed by atoms with van der Waals surface area (Å²) in [6.07, 6.45) is -0.0250. The zero-order valence-electron chi connectivity index (χ0n) is 6.43. The van der Waals surface area contributed by atoms with Crippen LogP contribution in [0.25, 0.3) is 0 Å². The zero-order valence-corrected chi connectivity index (χ0v) is 6.43. The van der Waals surface area contributed by atoms with Gasteiger partial charge in [0.05, 0.1) is 5.92 Å². The molecule has 0 heterocycles. The molecule has 0 aromatic heterocycles. The summed E-state index contributed by atoms with van der Waals surface area (Å²) in [5.74, 6) is -3.11. The van der Waals surface area contributed by atoms with Gasteiger partial charge in [-0.3, -0.25) is 9.59 Å². The number of hydrogen-bond donors (Lipinski definition) is 4. The van der Waals surface area contributed by atoms with E-state index in [1.165, 1.54) is 0 Å². The Morgan fingerprint density at radius 2 is 1.92 bits per heavy atom. The fourth-order valence-corrected chi connectivity index (χ4v) is 0.810. The number of carboxylic acids is 1. The Labute approximate surface area is 69.2 Å². The average molecular weight is 176 g/mol. The van der Waals surface area contributed by atoms with Crippen molar-refractivity contribution in [2.24, 2.45) is 17.4 Å². The second kappa shape index (κ2) is 4.68. The van der Waals surface area contributed by atoms with Crippen molar-refractivity contribution in [3.63, 3.8) is 0 Å². The van der Waals surface area contributed by atoms with E-state index in [1.54, 1.807) is 0 Å². The predicted octanol–water partition coefficient (Wildman–Crippen LogP) is -2.12. The number of aliphatic carboxylic acids is 1. The number of hydrogen-bond acceptors (Lipinski definition) is 4. The summed E-state index contributed by atoms with van der Waals surface area (Å²) in [5, 5.41) is 16.9. The molecule has 70 valence electrons. The van der Waals surface area contributed by atoms with Crippen LogP contribution >= 0.6 is 0 Å². The summed E-state index contributed by atoms with van der Waals surface area (Å²) in [6, 6.07) is -1.34. The molecular formula is C6H12N2O4. The van der Waals surface area contributed by atoms with E-state index in [0.717, 1.165) is 0 Å². The van der Waals surface area contributed by atoms with E-state index in [0.29, 0.717) is 0 Å². The highest BCUT2D eigenvalue weighted by Gasteiger charge is 2.28. The highest BCUT2D eigenvalue weighted by atomic mass is 16.4. The van der Waals surface area contributed by atoms with E-state index in [1.807, 2.05) is 0 Å². The molecule has 0 aromatic carbocycles. The van der Waals surface area contributed by atoms with Crippen LogP contribution in [0.1, 0.15) is 6.42 Å². The van der Waals surface area contributed by atoms with Gasteiger partial charge in [0, 0.05) is 6.61 Å². The fraction of sp³-hybridized carbons (Fsp3) is 0.667. The number of amides is 1. The van der Waals surface area contributed by atoms with Crippen LogP contribution in [-0.2, 0) is 9.59 Å². The lowest BCUT2D eigenvalue weighted by Crippen LogP contribution is -2.44. The van der Waals surface area contributed by atoms with Gasteiger partial charge in [-0.2, -0.15) is 0 Å². The highest BCUT2D eigenvalue weighted by molar-refractivity contribution is 5.85. The summed E-state index contributed by atoms with van der Waals surface area (Å²) in [5.41, 5.74) is 10.0. The zero-order chi connectivity index (χ0) is 9.72. The standard InChI is InChI=1S/C6H12N2O4/c7-4(6(11)12)3(1-2-9)5(8)10/h3-4,9H,1-2,7H2,(H2,8,10)(H,11,12). The fourth-order valence-electron chi connectivity index (χ4n) is 0.810. The molecule has 6 nitrogen and oxygen atoms in total. The van der Waals surface area contributed by atoms with Crippen LogP contribution < -0.4 is 11.5 Å². The molecule has 0 aliphatic carbocycles. The van der Waals surface area contributed by atoms with E-state index < -0.39 is 23.8 Å². The summed E-state index contributed by atoms with van der Waals surface area (Å²) in [4.78, 5) is 20.9. The number of carbonyl (C=O) groups is 2. The minimum Gasteiger partial charge on any atom is -0.480 e. The smallest absolute Gasteiger partial charge is 0.321 e. The van der Waals surface area contributed by atoms with Gasteiger partial charge >= 0.3 is 5.97 Å². The minimum atomic E-state index is -1.34. The van der Waals surface area contributed by atoms with Crippen LogP contribution in [0.2, 0.25) is 0 Å². The monoisotopic (exact) mass is 176 g/mol. The number of rotatable bonds is 5. The molecule has 1 amide bonds. The first-order valence-corrected chi connectivity index (χ1v) is 3.39. The van der Waals surface area contributed by atoms with Crippen molar-refractivity contribution in [3.8, 4) is 0 Å². The molecule has 0 aliphatic rings.